The van der Waals surface area contributed by atoms with E-state index in [-0.39, 0.29) is 41.4 Å². The minimum atomic E-state index is -0.775. The fraction of sp³-hybridized carbons (Fsp3) is 0.511. The summed E-state index contributed by atoms with van der Waals surface area (Å²) in [6.45, 7) is 11.1. The summed E-state index contributed by atoms with van der Waals surface area (Å²) in [5, 5.41) is 2.72. The third kappa shape index (κ3) is 7.85. The maximum absolute atomic E-state index is 13.8. The molecule has 322 valence electrons. The lowest BCUT2D eigenvalue weighted by Gasteiger charge is -2.30. The number of amides is 4. The smallest absolute Gasteiger partial charge is 0.433 e. The molecule has 3 unspecified atom stereocenters. The molecule has 3 fully saturated rings. The number of aromatic amines is 2. The van der Waals surface area contributed by atoms with Crippen LogP contribution in [0.4, 0.5) is 9.59 Å². The summed E-state index contributed by atoms with van der Waals surface area (Å²) in [5.41, 5.74) is 9.43. The summed E-state index contributed by atoms with van der Waals surface area (Å²) in [7, 11) is 2.56. The zero-order valence-electron chi connectivity index (χ0n) is 36.3. The number of fused-ring (bicyclic) bond motifs is 3. The van der Waals surface area contributed by atoms with Gasteiger partial charge in [-0.05, 0) is 90.0 Å². The highest BCUT2D eigenvalue weighted by Gasteiger charge is 2.44. The number of aromatic nitrogens is 4. The van der Waals surface area contributed by atoms with Gasteiger partial charge >= 0.3 is 12.2 Å². The van der Waals surface area contributed by atoms with Crippen LogP contribution in [0.1, 0.15) is 126 Å². The number of likely N-dealkylation sites (tertiary alicyclic amines) is 2. The van der Waals surface area contributed by atoms with Crippen molar-refractivity contribution in [3.8, 4) is 33.6 Å². The lowest BCUT2D eigenvalue weighted by Crippen LogP contribution is -2.51. The molecule has 1 saturated carbocycles. The van der Waals surface area contributed by atoms with Crippen LogP contribution in [0, 0.1) is 17.8 Å². The molecule has 3 N–H and O–H groups in total. The molecule has 0 spiro atoms. The van der Waals surface area contributed by atoms with Crippen molar-refractivity contribution in [3.05, 3.63) is 71.6 Å². The van der Waals surface area contributed by atoms with E-state index in [1.807, 2.05) is 45.0 Å². The van der Waals surface area contributed by atoms with Crippen LogP contribution < -0.4 is 5.32 Å². The molecule has 2 aromatic carbocycles. The number of aliphatic imine (C=N–C) groups is 1. The van der Waals surface area contributed by atoms with Crippen molar-refractivity contribution in [2.45, 2.75) is 110 Å². The Balaban J connectivity index is 1.05. The SMILES string of the molecule is COC(=O)/N=C(/C(=O)N1CCC[C@H]1c1ncc(-c2ccc(-c3ccc(-c4cnc([C@@H]5CCCN5C(=O)[C@@H](NC(=O)OC)C(C)C)[nH]4)cc3)c3c2C(C)C2CCCC32)[nH]1)C(C)C. The van der Waals surface area contributed by atoms with Crippen molar-refractivity contribution in [1.82, 2.24) is 35.1 Å². The van der Waals surface area contributed by atoms with E-state index in [1.54, 1.807) is 4.90 Å². The number of carbonyl (C=O) groups is 4. The number of methoxy groups -OCH3 is 2. The van der Waals surface area contributed by atoms with Crippen LogP contribution in [0.3, 0.4) is 0 Å². The first kappa shape index (κ1) is 41.9. The van der Waals surface area contributed by atoms with Crippen LogP contribution >= 0.6 is 0 Å². The third-order valence-electron chi connectivity index (χ3n) is 13.5. The zero-order chi connectivity index (χ0) is 43.1. The summed E-state index contributed by atoms with van der Waals surface area (Å²) in [4.78, 5) is 75.9. The Morgan fingerprint density at radius 3 is 2.03 bits per heavy atom. The molecular formula is C47H58N8O6. The van der Waals surface area contributed by atoms with Gasteiger partial charge in [0.15, 0.2) is 0 Å². The van der Waals surface area contributed by atoms with Crippen LogP contribution in [0.2, 0.25) is 0 Å². The van der Waals surface area contributed by atoms with Gasteiger partial charge in [-0.1, -0.05) is 77.4 Å². The number of imidazole rings is 2. The highest BCUT2D eigenvalue weighted by atomic mass is 16.5. The summed E-state index contributed by atoms with van der Waals surface area (Å²) < 4.78 is 9.54. The summed E-state index contributed by atoms with van der Waals surface area (Å²) in [6, 6.07) is 12.0. The highest BCUT2D eigenvalue weighted by molar-refractivity contribution is 6.40. The minimum Gasteiger partial charge on any atom is -0.453 e. The Morgan fingerprint density at radius 1 is 0.754 bits per heavy atom. The molecule has 2 aliphatic heterocycles. The number of carbonyl (C=O) groups excluding carboxylic acids is 4. The van der Waals surface area contributed by atoms with E-state index < -0.39 is 18.2 Å². The van der Waals surface area contributed by atoms with Gasteiger partial charge in [-0.3, -0.25) is 9.59 Å². The molecule has 61 heavy (non-hydrogen) atoms. The Hall–Kier alpha value is -5.79. The molecule has 6 atom stereocenters. The van der Waals surface area contributed by atoms with Crippen LogP contribution in [0.25, 0.3) is 33.6 Å². The first-order chi connectivity index (χ1) is 29.4. The topological polar surface area (TPSA) is 175 Å². The van der Waals surface area contributed by atoms with E-state index in [4.69, 9.17) is 19.4 Å². The molecule has 4 heterocycles. The Labute approximate surface area is 357 Å². The van der Waals surface area contributed by atoms with Crippen LogP contribution in [0.5, 0.6) is 0 Å². The van der Waals surface area contributed by atoms with Gasteiger partial charge in [0.1, 0.15) is 23.4 Å². The van der Waals surface area contributed by atoms with E-state index in [2.05, 4.69) is 63.6 Å². The van der Waals surface area contributed by atoms with Crippen molar-refractivity contribution in [3.63, 3.8) is 0 Å². The lowest BCUT2D eigenvalue weighted by molar-refractivity contribution is -0.135. The number of alkyl carbamates (subject to hydrolysis) is 1. The van der Waals surface area contributed by atoms with Gasteiger partial charge in [0, 0.05) is 24.6 Å². The molecule has 8 rings (SSSR count). The summed E-state index contributed by atoms with van der Waals surface area (Å²) in [6.07, 6.45) is 9.20. The van der Waals surface area contributed by atoms with Crippen LogP contribution in [0.15, 0.2) is 53.8 Å². The quantitative estimate of drug-likeness (QED) is 0.133. The van der Waals surface area contributed by atoms with Gasteiger partial charge in [0.25, 0.3) is 5.91 Å². The first-order valence-corrected chi connectivity index (χ1v) is 21.9. The van der Waals surface area contributed by atoms with Gasteiger partial charge in [-0.25, -0.2) is 19.6 Å². The maximum Gasteiger partial charge on any atom is 0.433 e. The monoisotopic (exact) mass is 830 g/mol. The number of rotatable bonds is 10. The van der Waals surface area contributed by atoms with E-state index in [1.165, 1.54) is 50.2 Å². The number of nitrogens with one attached hydrogen (secondary N) is 3. The average molecular weight is 831 g/mol. The summed E-state index contributed by atoms with van der Waals surface area (Å²) in [5.74, 6) is 2.19. The number of hydrogen-bond acceptors (Lipinski definition) is 8. The number of nitrogens with zero attached hydrogens (tertiary/aromatic N) is 5. The Bertz CT molecular complexity index is 2330. The molecule has 14 nitrogen and oxygen atoms in total. The van der Waals surface area contributed by atoms with Gasteiger partial charge in [0.05, 0.1) is 50.1 Å². The Kier molecular flexibility index (Phi) is 11.9. The maximum atomic E-state index is 13.8. The molecule has 2 aliphatic carbocycles. The van der Waals surface area contributed by atoms with E-state index in [0.717, 1.165) is 65.4 Å². The zero-order valence-corrected chi connectivity index (χ0v) is 36.3. The molecule has 4 aromatic rings. The second-order valence-corrected chi connectivity index (χ2v) is 17.7. The van der Waals surface area contributed by atoms with E-state index >= 15 is 0 Å². The van der Waals surface area contributed by atoms with Gasteiger partial charge < -0.3 is 34.6 Å². The number of H-pyrrole nitrogens is 2. The van der Waals surface area contributed by atoms with Gasteiger partial charge in [-0.15, -0.1) is 0 Å². The van der Waals surface area contributed by atoms with E-state index in [9.17, 15) is 19.2 Å². The fourth-order valence-corrected chi connectivity index (χ4v) is 10.5. The summed E-state index contributed by atoms with van der Waals surface area (Å²) >= 11 is 0. The van der Waals surface area contributed by atoms with Crippen molar-refractivity contribution >= 4 is 29.7 Å². The molecule has 2 saturated heterocycles. The average Bonchev–Trinajstić information content (AvgIpc) is 4.12. The van der Waals surface area contributed by atoms with Crippen LogP contribution in [-0.4, -0.2) is 92.8 Å². The standard InChI is InChI=1S/C47H58N8O6/c1-25(2)40(52-46(58)60-6)44(56)54-21-9-13-36(54)42-48-23-34(50-42)29-17-15-28(16-18-29)31-19-20-33(38-27(5)30-11-8-12-32(30)39(31)38)35-24-49-43(51-35)37-14-10-22-55(37)45(57)41(26(3)4)53-47(59)61-7/h15-20,23-27,30,32,36-37,40H,8-14,21-22H2,1-7H3,(H,48,50)(H,49,51)(H,52,58)/b53-41+/t27?,30?,32?,36-,37-,40-/m0/s1. The largest absolute Gasteiger partial charge is 0.453 e. The Morgan fingerprint density at radius 2 is 1.38 bits per heavy atom. The van der Waals surface area contributed by atoms with Crippen molar-refractivity contribution in [2.24, 2.45) is 22.7 Å². The molecule has 4 aliphatic rings. The van der Waals surface area contributed by atoms with E-state index in [0.29, 0.717) is 30.8 Å². The fourth-order valence-electron chi connectivity index (χ4n) is 10.5. The first-order valence-electron chi connectivity index (χ1n) is 21.9. The predicted octanol–water partition coefficient (Wildman–Crippen LogP) is 8.71. The van der Waals surface area contributed by atoms with Gasteiger partial charge in [-0.2, -0.15) is 4.99 Å². The highest BCUT2D eigenvalue weighted by Crippen LogP contribution is 2.59. The van der Waals surface area contributed by atoms with Crippen LogP contribution in [-0.2, 0) is 19.1 Å². The van der Waals surface area contributed by atoms with Crippen molar-refractivity contribution in [1.29, 1.82) is 0 Å². The number of hydrogen-bond donors (Lipinski definition) is 3. The molecule has 0 bridgehead atoms. The number of ether oxygens (including phenoxy) is 2. The lowest BCUT2D eigenvalue weighted by atomic mass is 9.87. The third-order valence-corrected chi connectivity index (χ3v) is 13.5. The predicted molar refractivity (Wildman–Crippen MR) is 232 cm³/mol. The van der Waals surface area contributed by atoms with Crippen molar-refractivity contribution in [2.75, 3.05) is 27.3 Å². The molecule has 4 amide bonds. The second kappa shape index (κ2) is 17.3. The minimum absolute atomic E-state index is 0.107. The molecule has 0 radical (unpaired) electrons. The second-order valence-electron chi connectivity index (χ2n) is 17.7. The molecule has 2 aromatic heterocycles. The normalized spacial score (nSPS) is 22.8. The van der Waals surface area contributed by atoms with Gasteiger partial charge in [0.2, 0.25) is 5.91 Å². The molecule has 14 heteroatoms. The number of benzene rings is 2. The van der Waals surface area contributed by atoms with Crippen molar-refractivity contribution < 1.29 is 28.7 Å². The molecular weight excluding hydrogens is 773 g/mol.